The van der Waals surface area contributed by atoms with Gasteiger partial charge in [-0.05, 0) is 49.1 Å². The van der Waals surface area contributed by atoms with Crippen molar-refractivity contribution in [3.8, 4) is 11.5 Å². The highest BCUT2D eigenvalue weighted by Crippen LogP contribution is 2.45. The highest BCUT2D eigenvalue weighted by atomic mass is 19.3. The van der Waals surface area contributed by atoms with E-state index in [9.17, 15) is 23.5 Å². The van der Waals surface area contributed by atoms with Crippen LogP contribution in [0.25, 0.3) is 0 Å². The number of ether oxygens (including phenoxy) is 3. The van der Waals surface area contributed by atoms with Crippen molar-refractivity contribution in [3.05, 3.63) is 58.7 Å². The summed E-state index contributed by atoms with van der Waals surface area (Å²) in [4.78, 5) is 27.7. The molecular weight excluding hydrogens is 436 g/mol. The van der Waals surface area contributed by atoms with Gasteiger partial charge in [0.15, 0.2) is 11.5 Å². The Bertz CT molecular complexity index is 1100. The molecule has 3 unspecified atom stereocenters. The van der Waals surface area contributed by atoms with Crippen molar-refractivity contribution in [2.75, 3.05) is 7.11 Å². The van der Waals surface area contributed by atoms with E-state index in [0.29, 0.717) is 36.1 Å². The van der Waals surface area contributed by atoms with Crippen molar-refractivity contribution in [2.24, 2.45) is 4.99 Å². The number of esters is 1. The normalized spacial score (nSPS) is 21.5. The molecule has 174 valence electrons. The quantitative estimate of drug-likeness (QED) is 0.643. The summed E-state index contributed by atoms with van der Waals surface area (Å²) in [6, 6.07) is 9.35. The van der Waals surface area contributed by atoms with Crippen LogP contribution in [0.4, 0.5) is 8.78 Å². The Hall–Kier alpha value is -3.49. The Morgan fingerprint density at radius 3 is 2.45 bits per heavy atom. The van der Waals surface area contributed by atoms with Crippen LogP contribution >= 0.6 is 0 Å². The van der Waals surface area contributed by atoms with Gasteiger partial charge in [-0.15, -0.1) is 0 Å². The number of benzene rings is 2. The molecule has 0 bridgehead atoms. The van der Waals surface area contributed by atoms with E-state index in [1.165, 1.54) is 26.2 Å². The molecule has 1 aliphatic heterocycles. The second kappa shape index (κ2) is 9.17. The molecule has 7 nitrogen and oxygen atoms in total. The summed E-state index contributed by atoms with van der Waals surface area (Å²) < 4.78 is 41.5. The number of carboxylic acids is 1. The van der Waals surface area contributed by atoms with E-state index in [4.69, 9.17) is 19.2 Å². The lowest BCUT2D eigenvalue weighted by Crippen LogP contribution is -2.36. The van der Waals surface area contributed by atoms with Crippen LogP contribution in [-0.4, -0.2) is 48.6 Å². The van der Waals surface area contributed by atoms with Crippen molar-refractivity contribution in [1.29, 1.82) is 0 Å². The van der Waals surface area contributed by atoms with Gasteiger partial charge in [0.1, 0.15) is 6.10 Å². The van der Waals surface area contributed by atoms with Crippen molar-refractivity contribution in [3.63, 3.8) is 0 Å². The van der Waals surface area contributed by atoms with E-state index in [0.717, 1.165) is 5.56 Å². The van der Waals surface area contributed by atoms with Crippen LogP contribution in [-0.2, 0) is 9.53 Å². The number of hydrogen-bond acceptors (Lipinski definition) is 6. The molecule has 0 radical (unpaired) electrons. The van der Waals surface area contributed by atoms with Crippen LogP contribution in [0.15, 0.2) is 41.4 Å². The molecule has 3 atom stereocenters. The van der Waals surface area contributed by atoms with E-state index in [1.54, 1.807) is 24.3 Å². The molecule has 0 saturated heterocycles. The number of fused-ring (bicyclic) bond motifs is 3. The van der Waals surface area contributed by atoms with Gasteiger partial charge in [0, 0.05) is 24.0 Å². The van der Waals surface area contributed by atoms with Gasteiger partial charge < -0.3 is 19.3 Å². The summed E-state index contributed by atoms with van der Waals surface area (Å²) in [6.07, 6.45) is 1.51. The molecule has 1 aliphatic carbocycles. The van der Waals surface area contributed by atoms with E-state index < -0.39 is 12.6 Å². The zero-order valence-electron chi connectivity index (χ0n) is 18.1. The number of aliphatic imine (C=N–C) groups is 1. The maximum absolute atomic E-state index is 13.0. The lowest BCUT2D eigenvalue weighted by Gasteiger charge is -2.38. The first-order valence-electron chi connectivity index (χ1n) is 10.5. The molecule has 1 fully saturated rings. The standard InChI is InChI=1S/C24H23F2NO6/c1-12(28)32-15-7-8-19-17(9-15)16-10-21(33-24(25)26)20(31-2)11-18(16)22(27-19)13-3-5-14(6-4-13)23(29)30/h3-6,10-11,15,17,19,24H,7-9H2,1-2H3,(H,29,30). The molecule has 0 aromatic heterocycles. The van der Waals surface area contributed by atoms with Crippen LogP contribution < -0.4 is 9.47 Å². The second-order valence-electron chi connectivity index (χ2n) is 8.05. The highest BCUT2D eigenvalue weighted by molar-refractivity contribution is 6.15. The van der Waals surface area contributed by atoms with E-state index in [2.05, 4.69) is 0 Å². The van der Waals surface area contributed by atoms with Crippen LogP contribution in [0.5, 0.6) is 11.5 Å². The van der Waals surface area contributed by atoms with Gasteiger partial charge >= 0.3 is 18.6 Å². The maximum Gasteiger partial charge on any atom is 0.387 e. The predicted octanol–water partition coefficient (Wildman–Crippen LogP) is 4.41. The molecule has 0 amide bonds. The van der Waals surface area contributed by atoms with E-state index in [-0.39, 0.29) is 41.1 Å². The number of halogens is 2. The van der Waals surface area contributed by atoms with Crippen molar-refractivity contribution in [2.45, 2.75) is 50.9 Å². The van der Waals surface area contributed by atoms with Crippen LogP contribution in [0.1, 0.15) is 59.2 Å². The molecule has 2 aliphatic rings. The Morgan fingerprint density at radius 1 is 1.12 bits per heavy atom. The third kappa shape index (κ3) is 4.67. The van der Waals surface area contributed by atoms with Crippen LogP contribution in [0.2, 0.25) is 0 Å². The number of methoxy groups -OCH3 is 1. The number of alkyl halides is 2. The number of nitrogens with zero attached hydrogens (tertiary/aromatic N) is 1. The topological polar surface area (TPSA) is 94.4 Å². The largest absolute Gasteiger partial charge is 0.493 e. The zero-order chi connectivity index (χ0) is 23.7. The zero-order valence-corrected chi connectivity index (χ0v) is 18.1. The first-order valence-corrected chi connectivity index (χ1v) is 10.5. The van der Waals surface area contributed by atoms with Crippen LogP contribution in [0, 0.1) is 0 Å². The summed E-state index contributed by atoms with van der Waals surface area (Å²) >= 11 is 0. The number of carbonyl (C=O) groups is 2. The average Bonchev–Trinajstić information content (AvgIpc) is 2.77. The van der Waals surface area contributed by atoms with Gasteiger partial charge in [0.2, 0.25) is 0 Å². The van der Waals surface area contributed by atoms with Crippen molar-refractivity contribution in [1.82, 2.24) is 0 Å². The summed E-state index contributed by atoms with van der Waals surface area (Å²) in [5.41, 5.74) is 2.90. The van der Waals surface area contributed by atoms with Gasteiger partial charge in [0.25, 0.3) is 0 Å². The van der Waals surface area contributed by atoms with Gasteiger partial charge in [0.05, 0.1) is 24.4 Å². The van der Waals surface area contributed by atoms with Gasteiger partial charge in [-0.2, -0.15) is 8.78 Å². The monoisotopic (exact) mass is 459 g/mol. The molecular formula is C24H23F2NO6. The minimum absolute atomic E-state index is 0.0814. The van der Waals surface area contributed by atoms with Gasteiger partial charge in [-0.3, -0.25) is 9.79 Å². The number of aromatic carboxylic acids is 1. The Morgan fingerprint density at radius 2 is 1.85 bits per heavy atom. The number of carboxylic acid groups (broad SMARTS) is 1. The summed E-state index contributed by atoms with van der Waals surface area (Å²) in [6.45, 7) is -1.66. The molecule has 4 rings (SSSR count). The molecule has 9 heteroatoms. The number of carbonyl (C=O) groups excluding carboxylic acids is 1. The van der Waals surface area contributed by atoms with Crippen molar-refractivity contribution >= 4 is 17.7 Å². The third-order valence-electron chi connectivity index (χ3n) is 6.00. The fourth-order valence-electron chi connectivity index (χ4n) is 4.62. The fraction of sp³-hybridized carbons (Fsp3) is 0.375. The number of hydrogen-bond donors (Lipinski definition) is 1. The highest BCUT2D eigenvalue weighted by Gasteiger charge is 2.39. The van der Waals surface area contributed by atoms with Crippen molar-refractivity contribution < 1.29 is 37.7 Å². The third-order valence-corrected chi connectivity index (χ3v) is 6.00. The lowest BCUT2D eigenvalue weighted by molar-refractivity contribution is -0.148. The Balaban J connectivity index is 1.81. The lowest BCUT2D eigenvalue weighted by atomic mass is 9.74. The SMILES string of the molecule is COc1cc2c(cc1OC(F)F)C1CC(OC(C)=O)CCC1N=C2c1ccc(C(=O)O)cc1. The first-order chi connectivity index (χ1) is 15.8. The molecule has 2 aromatic carbocycles. The minimum atomic E-state index is -3.02. The minimum Gasteiger partial charge on any atom is -0.493 e. The molecule has 1 N–H and O–H groups in total. The maximum atomic E-state index is 13.0. The average molecular weight is 459 g/mol. The molecule has 0 spiro atoms. The Labute approximate surface area is 189 Å². The smallest absolute Gasteiger partial charge is 0.387 e. The number of rotatable bonds is 6. The van der Waals surface area contributed by atoms with Gasteiger partial charge in [-0.25, -0.2) is 4.79 Å². The second-order valence-corrected chi connectivity index (χ2v) is 8.05. The molecule has 1 saturated carbocycles. The first kappa shape index (κ1) is 22.7. The predicted molar refractivity (Wildman–Crippen MR) is 115 cm³/mol. The molecule has 2 aromatic rings. The van der Waals surface area contributed by atoms with E-state index >= 15 is 0 Å². The summed E-state index contributed by atoms with van der Waals surface area (Å²) in [5, 5.41) is 9.20. The van der Waals surface area contributed by atoms with Gasteiger partial charge in [-0.1, -0.05) is 12.1 Å². The Kier molecular flexibility index (Phi) is 6.31. The van der Waals surface area contributed by atoms with E-state index in [1.807, 2.05) is 0 Å². The van der Waals surface area contributed by atoms with Crippen LogP contribution in [0.3, 0.4) is 0 Å². The summed E-state index contributed by atoms with van der Waals surface area (Å²) in [7, 11) is 1.36. The molecule has 33 heavy (non-hydrogen) atoms. The fourth-order valence-corrected chi connectivity index (χ4v) is 4.62. The molecule has 1 heterocycles. The summed E-state index contributed by atoms with van der Waals surface area (Å²) in [5.74, 6) is -1.51.